The molecule has 16 heavy (non-hydrogen) atoms. The van der Waals surface area contributed by atoms with E-state index in [2.05, 4.69) is 23.7 Å². The summed E-state index contributed by atoms with van der Waals surface area (Å²) >= 11 is 1.56. The van der Waals surface area contributed by atoms with E-state index in [0.717, 1.165) is 16.4 Å². The van der Waals surface area contributed by atoms with Crippen molar-refractivity contribution in [2.75, 3.05) is 6.54 Å². The van der Waals surface area contributed by atoms with Crippen LogP contribution in [-0.2, 0) is 0 Å². The maximum Gasteiger partial charge on any atom is 0.171 e. The third kappa shape index (κ3) is 2.18. The maximum atomic E-state index is 11.2. The Labute approximate surface area is 100 Å². The van der Waals surface area contributed by atoms with Crippen LogP contribution in [0.4, 0.5) is 0 Å². The standard InChI is InChI=1S/C12H18N2OS/c1-8(2)14-6-4-5-10(14)12-13-7-11(16-12)9(3)15/h7-8,10H,4-6H2,1-3H3. The number of Topliss-reactive ketones (excluding diaryl/α,β-unsaturated/α-hetero) is 1. The molecule has 88 valence electrons. The van der Waals surface area contributed by atoms with Crippen LogP contribution in [0.1, 0.15) is 54.3 Å². The first kappa shape index (κ1) is 11.7. The van der Waals surface area contributed by atoms with Gasteiger partial charge in [0.2, 0.25) is 0 Å². The van der Waals surface area contributed by atoms with E-state index < -0.39 is 0 Å². The lowest BCUT2D eigenvalue weighted by Crippen LogP contribution is -2.30. The highest BCUT2D eigenvalue weighted by atomic mass is 32.1. The molecule has 0 radical (unpaired) electrons. The van der Waals surface area contributed by atoms with Gasteiger partial charge in [0.15, 0.2) is 5.78 Å². The average Bonchev–Trinajstić information content (AvgIpc) is 2.86. The highest BCUT2D eigenvalue weighted by molar-refractivity contribution is 7.13. The van der Waals surface area contributed by atoms with Crippen LogP contribution in [0.3, 0.4) is 0 Å². The summed E-state index contributed by atoms with van der Waals surface area (Å²) in [6, 6.07) is 0.982. The van der Waals surface area contributed by atoms with Crippen molar-refractivity contribution in [3.63, 3.8) is 0 Å². The maximum absolute atomic E-state index is 11.2. The largest absolute Gasteiger partial charge is 0.294 e. The fourth-order valence-electron chi connectivity index (χ4n) is 2.28. The van der Waals surface area contributed by atoms with Gasteiger partial charge in [0.25, 0.3) is 0 Å². The van der Waals surface area contributed by atoms with Crippen LogP contribution in [0.2, 0.25) is 0 Å². The molecule has 1 aromatic heterocycles. The third-order valence-electron chi connectivity index (χ3n) is 3.11. The molecule has 3 nitrogen and oxygen atoms in total. The second-order valence-electron chi connectivity index (χ2n) is 4.61. The Hall–Kier alpha value is -0.740. The van der Waals surface area contributed by atoms with Gasteiger partial charge in [-0.25, -0.2) is 4.98 Å². The van der Waals surface area contributed by atoms with Gasteiger partial charge in [-0.05, 0) is 33.2 Å². The molecule has 1 aliphatic rings. The minimum absolute atomic E-state index is 0.123. The summed E-state index contributed by atoms with van der Waals surface area (Å²) in [6.45, 7) is 7.19. The number of hydrogen-bond donors (Lipinski definition) is 0. The molecule has 2 rings (SSSR count). The van der Waals surface area contributed by atoms with E-state index in [4.69, 9.17) is 0 Å². The quantitative estimate of drug-likeness (QED) is 0.759. The van der Waals surface area contributed by atoms with E-state index in [-0.39, 0.29) is 5.78 Å². The first-order valence-corrected chi connectivity index (χ1v) is 6.63. The molecule has 1 fully saturated rings. The highest BCUT2D eigenvalue weighted by Crippen LogP contribution is 2.35. The van der Waals surface area contributed by atoms with Gasteiger partial charge in [-0.2, -0.15) is 0 Å². The Morgan fingerprint density at radius 3 is 2.94 bits per heavy atom. The Morgan fingerprint density at radius 2 is 2.38 bits per heavy atom. The number of hydrogen-bond acceptors (Lipinski definition) is 4. The molecule has 0 N–H and O–H groups in total. The summed E-state index contributed by atoms with van der Waals surface area (Å²) in [5, 5.41) is 1.11. The van der Waals surface area contributed by atoms with Crippen LogP contribution in [0.15, 0.2) is 6.20 Å². The molecule has 0 bridgehead atoms. The zero-order valence-electron chi connectivity index (χ0n) is 10.1. The van der Waals surface area contributed by atoms with E-state index in [1.54, 1.807) is 24.5 Å². The van der Waals surface area contributed by atoms with E-state index >= 15 is 0 Å². The monoisotopic (exact) mass is 238 g/mol. The molecular formula is C12H18N2OS. The molecule has 0 saturated carbocycles. The molecule has 1 saturated heterocycles. The van der Waals surface area contributed by atoms with Gasteiger partial charge in [-0.15, -0.1) is 11.3 Å². The Balaban J connectivity index is 2.19. The van der Waals surface area contributed by atoms with E-state index in [1.165, 1.54) is 12.8 Å². The van der Waals surface area contributed by atoms with Crippen molar-refractivity contribution in [3.8, 4) is 0 Å². The molecular weight excluding hydrogens is 220 g/mol. The van der Waals surface area contributed by atoms with Gasteiger partial charge in [-0.3, -0.25) is 9.69 Å². The predicted octanol–water partition coefficient (Wildman–Crippen LogP) is 2.89. The fraction of sp³-hybridized carbons (Fsp3) is 0.667. The van der Waals surface area contributed by atoms with Crippen LogP contribution in [0, 0.1) is 0 Å². The average molecular weight is 238 g/mol. The second-order valence-corrected chi connectivity index (χ2v) is 5.67. The predicted molar refractivity (Wildman–Crippen MR) is 65.9 cm³/mol. The van der Waals surface area contributed by atoms with Gasteiger partial charge >= 0.3 is 0 Å². The molecule has 1 atom stereocenters. The number of thiazole rings is 1. The van der Waals surface area contributed by atoms with Crippen LogP contribution in [0.25, 0.3) is 0 Å². The zero-order chi connectivity index (χ0) is 11.7. The Bertz CT molecular complexity index is 386. The lowest BCUT2D eigenvalue weighted by atomic mass is 10.2. The number of rotatable bonds is 3. The van der Waals surface area contributed by atoms with Crippen molar-refractivity contribution < 1.29 is 4.79 Å². The van der Waals surface area contributed by atoms with Crippen molar-refractivity contribution in [1.82, 2.24) is 9.88 Å². The third-order valence-corrected chi connectivity index (χ3v) is 4.31. The van der Waals surface area contributed by atoms with Crippen LogP contribution < -0.4 is 0 Å². The lowest BCUT2D eigenvalue weighted by Gasteiger charge is -2.26. The molecule has 0 aromatic carbocycles. The molecule has 1 unspecified atom stereocenters. The van der Waals surface area contributed by atoms with Gasteiger partial charge < -0.3 is 0 Å². The van der Waals surface area contributed by atoms with Crippen molar-refractivity contribution in [2.24, 2.45) is 0 Å². The Morgan fingerprint density at radius 1 is 1.62 bits per heavy atom. The van der Waals surface area contributed by atoms with Gasteiger partial charge in [0, 0.05) is 19.2 Å². The highest BCUT2D eigenvalue weighted by Gasteiger charge is 2.30. The lowest BCUT2D eigenvalue weighted by molar-refractivity contribution is 0.102. The summed E-state index contributed by atoms with van der Waals surface area (Å²) in [6.07, 6.45) is 4.13. The van der Waals surface area contributed by atoms with Crippen LogP contribution >= 0.6 is 11.3 Å². The van der Waals surface area contributed by atoms with E-state index in [1.807, 2.05) is 0 Å². The summed E-state index contributed by atoms with van der Waals surface area (Å²) < 4.78 is 0. The first-order valence-electron chi connectivity index (χ1n) is 5.82. The molecule has 0 amide bonds. The van der Waals surface area contributed by atoms with E-state index in [9.17, 15) is 4.79 Å². The summed E-state index contributed by atoms with van der Waals surface area (Å²) in [7, 11) is 0. The van der Waals surface area contributed by atoms with Gasteiger partial charge in [0.05, 0.1) is 10.9 Å². The van der Waals surface area contributed by atoms with Crippen molar-refractivity contribution >= 4 is 17.1 Å². The summed E-state index contributed by atoms with van der Waals surface area (Å²) in [5.74, 6) is 0.123. The Kier molecular flexibility index (Phi) is 3.40. The van der Waals surface area contributed by atoms with Gasteiger partial charge in [0.1, 0.15) is 5.01 Å². The first-order chi connectivity index (χ1) is 7.59. The smallest absolute Gasteiger partial charge is 0.171 e. The molecule has 2 heterocycles. The number of nitrogens with zero attached hydrogens (tertiary/aromatic N) is 2. The van der Waals surface area contributed by atoms with Crippen LogP contribution in [-0.4, -0.2) is 28.3 Å². The van der Waals surface area contributed by atoms with Gasteiger partial charge in [-0.1, -0.05) is 0 Å². The summed E-state index contributed by atoms with van der Waals surface area (Å²) in [5.41, 5.74) is 0. The number of ketones is 1. The van der Waals surface area contributed by atoms with E-state index in [0.29, 0.717) is 12.1 Å². The number of carbonyl (C=O) groups is 1. The molecule has 0 aliphatic carbocycles. The number of carbonyl (C=O) groups excluding carboxylic acids is 1. The minimum Gasteiger partial charge on any atom is -0.294 e. The topological polar surface area (TPSA) is 33.2 Å². The molecule has 4 heteroatoms. The minimum atomic E-state index is 0.123. The second kappa shape index (κ2) is 4.63. The normalized spacial score (nSPS) is 21.9. The van der Waals surface area contributed by atoms with Crippen molar-refractivity contribution in [3.05, 3.63) is 16.1 Å². The molecule has 1 aromatic rings. The number of aromatic nitrogens is 1. The summed E-state index contributed by atoms with van der Waals surface area (Å²) in [4.78, 5) is 18.9. The van der Waals surface area contributed by atoms with Crippen molar-refractivity contribution in [1.29, 1.82) is 0 Å². The number of likely N-dealkylation sites (tertiary alicyclic amines) is 1. The van der Waals surface area contributed by atoms with Crippen LogP contribution in [0.5, 0.6) is 0 Å². The fourth-order valence-corrected chi connectivity index (χ4v) is 3.25. The SMILES string of the molecule is CC(=O)c1cnc(C2CCCN2C(C)C)s1. The molecule has 0 spiro atoms. The van der Waals surface area contributed by atoms with Crippen molar-refractivity contribution in [2.45, 2.75) is 45.7 Å². The zero-order valence-corrected chi connectivity index (χ0v) is 10.9. The molecule has 1 aliphatic heterocycles.